The smallest absolute Gasteiger partial charge is 0.284 e. The molecule has 0 saturated heterocycles. The van der Waals surface area contributed by atoms with E-state index >= 15 is 0 Å². The van der Waals surface area contributed by atoms with E-state index in [4.69, 9.17) is 10.7 Å². The molecule has 4 nitrogen and oxygen atoms in total. The van der Waals surface area contributed by atoms with Crippen molar-refractivity contribution >= 4 is 19.7 Å². The Labute approximate surface area is 89.3 Å². The van der Waals surface area contributed by atoms with Crippen LogP contribution in [0.15, 0.2) is 17.2 Å². The van der Waals surface area contributed by atoms with Crippen molar-refractivity contribution in [3.63, 3.8) is 0 Å². The van der Waals surface area contributed by atoms with Crippen LogP contribution in [0.1, 0.15) is 12.1 Å². The molecule has 0 fully saturated rings. The number of hydrogen-bond donors (Lipinski definition) is 0. The number of ether oxygens (including phenoxy) is 1. The first-order valence-electron chi connectivity index (χ1n) is 3.64. The van der Waals surface area contributed by atoms with Crippen LogP contribution in [0.3, 0.4) is 0 Å². The monoisotopic (exact) mass is 257 g/mol. The second-order valence-electron chi connectivity index (χ2n) is 2.48. The highest BCUT2D eigenvalue weighted by molar-refractivity contribution is 8.13. The van der Waals surface area contributed by atoms with E-state index in [1.54, 1.807) is 0 Å². The van der Waals surface area contributed by atoms with Crippen LogP contribution in [0.2, 0.25) is 0 Å². The van der Waals surface area contributed by atoms with Crippen LogP contribution in [-0.2, 0) is 9.05 Å². The molecule has 0 bridgehead atoms. The van der Waals surface area contributed by atoms with Crippen LogP contribution in [-0.4, -0.2) is 20.5 Å². The summed E-state index contributed by atoms with van der Waals surface area (Å²) in [7, 11) is 2.02. The summed E-state index contributed by atoms with van der Waals surface area (Å²) < 4.78 is 51.0. The summed E-state index contributed by atoms with van der Waals surface area (Å²) in [5.41, 5.74) is -0.751. The summed E-state index contributed by atoms with van der Waals surface area (Å²) in [4.78, 5) is 3.22. The van der Waals surface area contributed by atoms with Crippen LogP contribution >= 0.6 is 10.7 Å². The van der Waals surface area contributed by atoms with Crippen molar-refractivity contribution in [1.82, 2.24) is 4.98 Å². The molecule has 0 aliphatic rings. The Morgan fingerprint density at radius 3 is 2.47 bits per heavy atom. The van der Waals surface area contributed by atoms with Crippen LogP contribution in [0.4, 0.5) is 8.78 Å². The molecule has 0 unspecified atom stereocenters. The van der Waals surface area contributed by atoms with Gasteiger partial charge in [0, 0.05) is 10.7 Å². The largest absolute Gasteiger partial charge is 0.495 e. The standard InChI is InChI=1S/C7H6ClF2NO3S/c1-14-4-2-3-5(15(8,12)13)11-6(4)7(9)10/h2-3,7H,1H3. The minimum atomic E-state index is -4.11. The van der Waals surface area contributed by atoms with Gasteiger partial charge >= 0.3 is 0 Å². The minimum Gasteiger partial charge on any atom is -0.495 e. The molecule has 1 aromatic rings. The molecule has 15 heavy (non-hydrogen) atoms. The van der Waals surface area contributed by atoms with Crippen LogP contribution in [0.5, 0.6) is 5.75 Å². The van der Waals surface area contributed by atoms with Crippen molar-refractivity contribution in [3.8, 4) is 5.75 Å². The number of methoxy groups -OCH3 is 1. The highest BCUT2D eigenvalue weighted by Gasteiger charge is 2.20. The Bertz CT molecular complexity index is 463. The number of hydrogen-bond acceptors (Lipinski definition) is 4. The first-order valence-corrected chi connectivity index (χ1v) is 5.95. The molecule has 0 aromatic carbocycles. The van der Waals surface area contributed by atoms with E-state index in [9.17, 15) is 17.2 Å². The molecule has 1 rings (SSSR count). The summed E-state index contributed by atoms with van der Waals surface area (Å²) in [5, 5.41) is -0.625. The Hall–Kier alpha value is -0.950. The molecular weight excluding hydrogens is 252 g/mol. The zero-order valence-electron chi connectivity index (χ0n) is 7.45. The zero-order chi connectivity index (χ0) is 11.6. The third-order valence-electron chi connectivity index (χ3n) is 1.54. The predicted molar refractivity (Wildman–Crippen MR) is 48.8 cm³/mol. The zero-order valence-corrected chi connectivity index (χ0v) is 9.02. The van der Waals surface area contributed by atoms with Gasteiger partial charge in [-0.3, -0.25) is 0 Å². The van der Waals surface area contributed by atoms with Gasteiger partial charge in [0.1, 0.15) is 11.4 Å². The van der Waals surface area contributed by atoms with E-state index in [2.05, 4.69) is 9.72 Å². The fraction of sp³-hybridized carbons (Fsp3) is 0.286. The van der Waals surface area contributed by atoms with Gasteiger partial charge in [0.15, 0.2) is 5.03 Å². The lowest BCUT2D eigenvalue weighted by Gasteiger charge is -2.07. The summed E-state index contributed by atoms with van der Waals surface area (Å²) in [6, 6.07) is 2.07. The van der Waals surface area contributed by atoms with Gasteiger partial charge in [-0.2, -0.15) is 0 Å². The second-order valence-corrected chi connectivity index (χ2v) is 4.99. The molecule has 0 amide bonds. The summed E-state index contributed by atoms with van der Waals surface area (Å²) >= 11 is 0. The molecule has 0 aliphatic heterocycles. The second kappa shape index (κ2) is 4.28. The van der Waals surface area contributed by atoms with E-state index in [0.717, 1.165) is 12.1 Å². The van der Waals surface area contributed by atoms with Crippen LogP contribution < -0.4 is 4.74 Å². The van der Waals surface area contributed by atoms with Crippen LogP contribution in [0.25, 0.3) is 0 Å². The lowest BCUT2D eigenvalue weighted by atomic mass is 10.3. The minimum absolute atomic E-state index is 0.186. The third-order valence-corrected chi connectivity index (χ3v) is 2.74. The van der Waals surface area contributed by atoms with Crippen LogP contribution in [0, 0.1) is 0 Å². The maximum absolute atomic E-state index is 12.4. The molecular formula is C7H6ClF2NO3S. The third kappa shape index (κ3) is 2.75. The highest BCUT2D eigenvalue weighted by atomic mass is 35.7. The quantitative estimate of drug-likeness (QED) is 0.777. The van der Waals surface area contributed by atoms with Crippen molar-refractivity contribution in [2.75, 3.05) is 7.11 Å². The number of nitrogens with zero attached hydrogens (tertiary/aromatic N) is 1. The van der Waals surface area contributed by atoms with Gasteiger partial charge in [0.2, 0.25) is 0 Å². The molecule has 0 spiro atoms. The summed E-state index contributed by atoms with van der Waals surface area (Å²) in [6.07, 6.45) is -2.93. The average Bonchev–Trinajstić information content (AvgIpc) is 2.15. The van der Waals surface area contributed by atoms with Crippen molar-refractivity contribution in [1.29, 1.82) is 0 Å². The lowest BCUT2D eigenvalue weighted by Crippen LogP contribution is -2.02. The molecule has 84 valence electrons. The summed E-state index contributed by atoms with van der Waals surface area (Å²) in [6.45, 7) is 0. The molecule has 0 atom stereocenters. The van der Waals surface area contributed by atoms with Crippen molar-refractivity contribution in [2.24, 2.45) is 0 Å². The van der Waals surface area contributed by atoms with Crippen molar-refractivity contribution in [3.05, 3.63) is 17.8 Å². The van der Waals surface area contributed by atoms with E-state index in [1.165, 1.54) is 7.11 Å². The normalized spacial score (nSPS) is 11.8. The molecule has 0 aliphatic carbocycles. The molecule has 0 radical (unpaired) electrons. The Morgan fingerprint density at radius 2 is 2.07 bits per heavy atom. The van der Waals surface area contributed by atoms with Gasteiger partial charge < -0.3 is 4.74 Å². The van der Waals surface area contributed by atoms with Gasteiger partial charge in [0.05, 0.1) is 7.11 Å². The predicted octanol–water partition coefficient (Wildman–Crippen LogP) is 1.96. The Balaban J connectivity index is 3.35. The fourth-order valence-electron chi connectivity index (χ4n) is 0.908. The number of pyridine rings is 1. The topological polar surface area (TPSA) is 56.3 Å². The maximum atomic E-state index is 12.4. The average molecular weight is 258 g/mol. The van der Waals surface area contributed by atoms with Crippen molar-refractivity contribution in [2.45, 2.75) is 11.5 Å². The van der Waals surface area contributed by atoms with Gasteiger partial charge in [-0.25, -0.2) is 22.2 Å². The fourth-order valence-corrected chi connectivity index (χ4v) is 1.60. The first kappa shape index (κ1) is 12.1. The van der Waals surface area contributed by atoms with Gasteiger partial charge in [-0.15, -0.1) is 0 Å². The number of alkyl halides is 2. The lowest BCUT2D eigenvalue weighted by molar-refractivity contribution is 0.140. The highest BCUT2D eigenvalue weighted by Crippen LogP contribution is 2.28. The molecule has 1 aromatic heterocycles. The Kier molecular flexibility index (Phi) is 3.46. The Morgan fingerprint density at radius 1 is 1.47 bits per heavy atom. The molecule has 0 saturated carbocycles. The number of rotatable bonds is 3. The molecule has 0 N–H and O–H groups in total. The summed E-state index contributed by atoms with van der Waals surface area (Å²) in [5.74, 6) is -0.186. The van der Waals surface area contributed by atoms with E-state index in [1.807, 2.05) is 0 Å². The van der Waals surface area contributed by atoms with Crippen molar-refractivity contribution < 1.29 is 21.9 Å². The molecule has 1 heterocycles. The van der Waals surface area contributed by atoms with E-state index in [-0.39, 0.29) is 5.75 Å². The number of halogens is 3. The van der Waals surface area contributed by atoms with E-state index < -0.39 is 26.2 Å². The molecule has 8 heteroatoms. The van der Waals surface area contributed by atoms with Gasteiger partial charge in [-0.1, -0.05) is 0 Å². The maximum Gasteiger partial charge on any atom is 0.284 e. The SMILES string of the molecule is COc1ccc(S(=O)(=O)Cl)nc1C(F)F. The number of aromatic nitrogens is 1. The van der Waals surface area contributed by atoms with E-state index in [0.29, 0.717) is 0 Å². The van der Waals surface area contributed by atoms with Gasteiger partial charge in [-0.05, 0) is 12.1 Å². The van der Waals surface area contributed by atoms with Gasteiger partial charge in [0.25, 0.3) is 15.5 Å². The first-order chi connectivity index (χ1) is 6.86.